The van der Waals surface area contributed by atoms with Crippen LogP contribution < -0.4 is 19.6 Å². The number of thiazole rings is 1. The zero-order valence-corrected chi connectivity index (χ0v) is 26.1. The van der Waals surface area contributed by atoms with E-state index in [1.54, 1.807) is 48.8 Å². The lowest BCUT2D eigenvalue weighted by atomic mass is 9.93. The maximum atomic E-state index is 14.0. The van der Waals surface area contributed by atoms with Crippen LogP contribution in [0.25, 0.3) is 6.08 Å². The molecule has 9 heteroatoms. The Hall–Kier alpha value is -3.82. The molecule has 3 aromatic carbocycles. The molecular weight excluding hydrogens is 619 g/mol. The molecule has 2 heterocycles. The lowest BCUT2D eigenvalue weighted by molar-refractivity contribution is -0.139. The molecule has 0 aliphatic carbocycles. The first-order valence-electron chi connectivity index (χ1n) is 13.6. The highest BCUT2D eigenvalue weighted by atomic mass is 79.9. The molecule has 216 valence electrons. The Morgan fingerprint density at radius 2 is 1.88 bits per heavy atom. The molecule has 1 atom stereocenters. The fourth-order valence-corrected chi connectivity index (χ4v) is 6.37. The predicted octanol–water partition coefficient (Wildman–Crippen LogP) is 6.40. The highest BCUT2D eigenvalue weighted by molar-refractivity contribution is 9.10. The van der Waals surface area contributed by atoms with Crippen molar-refractivity contribution in [3.8, 4) is 5.75 Å². The molecule has 1 aliphatic rings. The Bertz CT molecular complexity index is 1860. The summed E-state index contributed by atoms with van der Waals surface area (Å²) in [5, 5.41) is 0. The fourth-order valence-electron chi connectivity index (χ4n) is 4.82. The number of carbonyl (C=O) groups is 1. The lowest BCUT2D eigenvalue weighted by Gasteiger charge is -2.25. The summed E-state index contributed by atoms with van der Waals surface area (Å²) in [5.41, 5.74) is 3.83. The molecule has 0 saturated carbocycles. The number of aromatic nitrogens is 1. The normalized spacial score (nSPS) is 15.0. The van der Waals surface area contributed by atoms with E-state index < -0.39 is 12.0 Å². The zero-order chi connectivity index (χ0) is 30.0. The van der Waals surface area contributed by atoms with Crippen molar-refractivity contribution < 1.29 is 18.7 Å². The summed E-state index contributed by atoms with van der Waals surface area (Å²) in [6, 6.07) is 19.2. The topological polar surface area (TPSA) is 69.9 Å². The molecule has 0 bridgehead atoms. The van der Waals surface area contributed by atoms with Crippen molar-refractivity contribution in [2.45, 2.75) is 46.3 Å². The average Bonchev–Trinajstić information content (AvgIpc) is 3.26. The molecule has 0 spiro atoms. The molecule has 0 amide bonds. The maximum Gasteiger partial charge on any atom is 0.338 e. The summed E-state index contributed by atoms with van der Waals surface area (Å²) in [7, 11) is 0. The molecule has 0 radical (unpaired) electrons. The van der Waals surface area contributed by atoms with Crippen LogP contribution >= 0.6 is 27.3 Å². The average molecular weight is 650 g/mol. The molecule has 42 heavy (non-hydrogen) atoms. The van der Waals surface area contributed by atoms with Gasteiger partial charge in [0.2, 0.25) is 0 Å². The van der Waals surface area contributed by atoms with E-state index in [9.17, 15) is 14.0 Å². The number of rotatable bonds is 8. The molecule has 4 aromatic rings. The summed E-state index contributed by atoms with van der Waals surface area (Å²) < 4.78 is 27.9. The van der Waals surface area contributed by atoms with Crippen molar-refractivity contribution in [3.63, 3.8) is 0 Å². The first-order valence-corrected chi connectivity index (χ1v) is 15.2. The maximum absolute atomic E-state index is 14.0. The van der Waals surface area contributed by atoms with Gasteiger partial charge in [-0.1, -0.05) is 73.7 Å². The van der Waals surface area contributed by atoms with Crippen molar-refractivity contribution in [1.29, 1.82) is 0 Å². The quantitative estimate of drug-likeness (QED) is 0.207. The Morgan fingerprint density at radius 3 is 2.55 bits per heavy atom. The van der Waals surface area contributed by atoms with Gasteiger partial charge >= 0.3 is 5.97 Å². The van der Waals surface area contributed by atoms with Crippen molar-refractivity contribution in [1.82, 2.24) is 4.57 Å². The second-order valence-electron chi connectivity index (χ2n) is 10.2. The smallest absolute Gasteiger partial charge is 0.338 e. The molecule has 6 nitrogen and oxygen atoms in total. The van der Waals surface area contributed by atoms with Gasteiger partial charge in [-0.15, -0.1) is 0 Å². The number of halogens is 2. The van der Waals surface area contributed by atoms with Gasteiger partial charge in [0.25, 0.3) is 5.56 Å². The summed E-state index contributed by atoms with van der Waals surface area (Å²) in [6.07, 6.45) is 1.79. The monoisotopic (exact) mass is 648 g/mol. The highest BCUT2D eigenvalue weighted by Crippen LogP contribution is 2.32. The number of fused-ring (bicyclic) bond motifs is 1. The van der Waals surface area contributed by atoms with Crippen molar-refractivity contribution in [2.24, 2.45) is 4.99 Å². The van der Waals surface area contributed by atoms with E-state index in [1.807, 2.05) is 36.4 Å². The third-order valence-corrected chi connectivity index (χ3v) is 8.63. The van der Waals surface area contributed by atoms with E-state index in [1.165, 1.54) is 17.4 Å². The van der Waals surface area contributed by atoms with E-state index >= 15 is 0 Å². The highest BCUT2D eigenvalue weighted by Gasteiger charge is 2.33. The minimum Gasteiger partial charge on any atom is -0.488 e. The molecular formula is C33H30BrFN2O4S. The molecule has 0 saturated heterocycles. The van der Waals surface area contributed by atoms with Gasteiger partial charge in [-0.3, -0.25) is 9.36 Å². The number of nitrogens with zero attached hydrogens (tertiary/aromatic N) is 2. The van der Waals surface area contributed by atoms with Crippen LogP contribution in [0, 0.1) is 5.82 Å². The Labute approximate surface area is 255 Å². The van der Waals surface area contributed by atoms with E-state index in [2.05, 4.69) is 34.8 Å². The largest absolute Gasteiger partial charge is 0.488 e. The number of esters is 1. The van der Waals surface area contributed by atoms with Crippen LogP contribution in [-0.2, 0) is 16.1 Å². The summed E-state index contributed by atoms with van der Waals surface area (Å²) >= 11 is 4.80. The van der Waals surface area contributed by atoms with Gasteiger partial charge in [-0.25, -0.2) is 14.2 Å². The SMILES string of the molecule is CCOC(=O)C1=C(C)N=c2s/c(=C\c3ccc(OCc4ccccc4F)c(Br)c3)c(=O)n2C1c1ccc(C(C)C)cc1. The van der Waals surface area contributed by atoms with E-state index in [4.69, 9.17) is 9.47 Å². The molecule has 1 unspecified atom stereocenters. The van der Waals surface area contributed by atoms with Crippen LogP contribution in [0.2, 0.25) is 0 Å². The summed E-state index contributed by atoms with van der Waals surface area (Å²) in [5.74, 6) is 0.0897. The summed E-state index contributed by atoms with van der Waals surface area (Å²) in [6.45, 7) is 8.07. The van der Waals surface area contributed by atoms with Gasteiger partial charge in [0, 0.05) is 5.56 Å². The van der Waals surface area contributed by atoms with Crippen LogP contribution in [0.5, 0.6) is 5.75 Å². The lowest BCUT2D eigenvalue weighted by Crippen LogP contribution is -2.39. The van der Waals surface area contributed by atoms with Gasteiger partial charge in [0.1, 0.15) is 18.2 Å². The van der Waals surface area contributed by atoms with Crippen molar-refractivity contribution >= 4 is 39.3 Å². The fraction of sp³-hybridized carbons (Fsp3) is 0.242. The van der Waals surface area contributed by atoms with Gasteiger partial charge < -0.3 is 9.47 Å². The van der Waals surface area contributed by atoms with Crippen LogP contribution in [-0.4, -0.2) is 17.1 Å². The number of hydrogen-bond donors (Lipinski definition) is 0. The second kappa shape index (κ2) is 12.6. The molecule has 0 N–H and O–H groups in total. The van der Waals surface area contributed by atoms with Crippen LogP contribution in [0.1, 0.15) is 61.9 Å². The third kappa shape index (κ3) is 6.03. The van der Waals surface area contributed by atoms with Crippen molar-refractivity contribution in [3.05, 3.63) is 130 Å². The minimum atomic E-state index is -0.662. The van der Waals surface area contributed by atoms with Gasteiger partial charge in [0.05, 0.1) is 32.9 Å². The van der Waals surface area contributed by atoms with E-state index in [0.717, 1.165) is 16.7 Å². The van der Waals surface area contributed by atoms with Gasteiger partial charge in [0.15, 0.2) is 4.80 Å². The first-order chi connectivity index (χ1) is 20.2. The number of carbonyl (C=O) groups excluding carboxylic acids is 1. The zero-order valence-electron chi connectivity index (χ0n) is 23.7. The standard InChI is InChI=1S/C33H30BrFN2O4S/c1-5-40-32(39)29-20(4)36-33-37(30(29)23-13-11-22(12-14-23)19(2)3)31(38)28(42-33)17-21-10-15-27(25(34)16-21)41-18-24-8-6-7-9-26(24)35/h6-17,19,30H,5,18H2,1-4H3/b28-17-. The third-order valence-electron chi connectivity index (χ3n) is 7.03. The molecule has 0 fully saturated rings. The Kier molecular flexibility index (Phi) is 8.89. The van der Waals surface area contributed by atoms with Crippen LogP contribution in [0.4, 0.5) is 4.39 Å². The number of benzene rings is 3. The Balaban J connectivity index is 1.53. The van der Waals surface area contributed by atoms with Crippen LogP contribution in [0.15, 0.2) is 92.3 Å². The van der Waals surface area contributed by atoms with Gasteiger partial charge in [-0.05, 0) is 76.7 Å². The first kappa shape index (κ1) is 29.7. The molecule has 5 rings (SSSR count). The Morgan fingerprint density at radius 1 is 1.14 bits per heavy atom. The van der Waals surface area contributed by atoms with E-state index in [-0.39, 0.29) is 24.6 Å². The minimum absolute atomic E-state index is 0.0868. The van der Waals surface area contributed by atoms with Gasteiger partial charge in [-0.2, -0.15) is 0 Å². The predicted molar refractivity (Wildman–Crippen MR) is 166 cm³/mol. The number of ether oxygens (including phenoxy) is 2. The number of hydrogen-bond acceptors (Lipinski definition) is 6. The summed E-state index contributed by atoms with van der Waals surface area (Å²) in [4.78, 5) is 32.2. The number of allylic oxidation sites excluding steroid dienone is 1. The molecule has 1 aliphatic heterocycles. The van der Waals surface area contributed by atoms with Crippen molar-refractivity contribution in [2.75, 3.05) is 6.61 Å². The van der Waals surface area contributed by atoms with E-state index in [0.29, 0.717) is 42.3 Å². The molecule has 1 aromatic heterocycles. The second-order valence-corrected chi connectivity index (χ2v) is 12.1. The van der Waals surface area contributed by atoms with Crippen LogP contribution in [0.3, 0.4) is 0 Å².